The molecule has 0 spiro atoms. The Kier molecular flexibility index (Phi) is 3.43. The lowest BCUT2D eigenvalue weighted by molar-refractivity contribution is -0.119. The molecule has 2 N–H and O–H groups in total. The predicted octanol–water partition coefficient (Wildman–Crippen LogP) is 3.17. The Labute approximate surface area is 115 Å². The van der Waals surface area contributed by atoms with Crippen LogP contribution in [0.4, 0.5) is 5.69 Å². The number of aliphatic hydroxyl groups is 1. The highest BCUT2D eigenvalue weighted by Crippen LogP contribution is 2.43. The average molecular weight is 261 g/mol. The van der Waals surface area contributed by atoms with E-state index in [1.165, 1.54) is 0 Å². The van der Waals surface area contributed by atoms with E-state index in [0.29, 0.717) is 0 Å². The number of carbonyl (C=O) groups excluding carboxylic acids is 1. The molecule has 1 aromatic rings. The molecule has 0 saturated heterocycles. The zero-order chi connectivity index (χ0) is 14.4. The van der Waals surface area contributed by atoms with Crippen molar-refractivity contribution >= 4 is 11.6 Å². The number of hydrogen-bond acceptors (Lipinski definition) is 2. The van der Waals surface area contributed by atoms with E-state index >= 15 is 0 Å². The van der Waals surface area contributed by atoms with E-state index in [-0.39, 0.29) is 11.8 Å². The summed E-state index contributed by atoms with van der Waals surface area (Å²) in [7, 11) is 0. The fraction of sp³-hybridized carbons (Fsp3) is 0.562. The minimum Gasteiger partial charge on any atom is -0.388 e. The van der Waals surface area contributed by atoms with Gasteiger partial charge in [0.2, 0.25) is 5.91 Å². The number of anilines is 1. The highest BCUT2D eigenvalue weighted by atomic mass is 16.3. The number of rotatable bonds is 3. The molecule has 0 bridgehead atoms. The number of aliphatic hydroxyl groups excluding tert-OH is 1. The van der Waals surface area contributed by atoms with Crippen LogP contribution in [0.15, 0.2) is 12.1 Å². The predicted molar refractivity (Wildman–Crippen MR) is 77.3 cm³/mol. The topological polar surface area (TPSA) is 49.3 Å². The van der Waals surface area contributed by atoms with Gasteiger partial charge in [0.25, 0.3) is 0 Å². The molecule has 104 valence electrons. The van der Waals surface area contributed by atoms with Crippen molar-refractivity contribution in [2.45, 2.75) is 52.6 Å². The van der Waals surface area contributed by atoms with Crippen LogP contribution in [0.3, 0.4) is 0 Å². The summed E-state index contributed by atoms with van der Waals surface area (Å²) < 4.78 is 0. The molecule has 1 unspecified atom stereocenters. The van der Waals surface area contributed by atoms with Crippen molar-refractivity contribution in [3.63, 3.8) is 0 Å². The first-order valence-electron chi connectivity index (χ1n) is 6.95. The molecule has 0 fully saturated rings. The van der Waals surface area contributed by atoms with Crippen LogP contribution in [0, 0.1) is 5.92 Å². The average Bonchev–Trinajstić information content (AvgIpc) is 2.58. The Hall–Kier alpha value is -1.35. The third-order valence-electron chi connectivity index (χ3n) is 4.07. The summed E-state index contributed by atoms with van der Waals surface area (Å²) in [6.45, 7) is 9.91. The lowest BCUT2D eigenvalue weighted by Gasteiger charge is -2.21. The molecule has 3 heteroatoms. The molecule has 1 aliphatic rings. The van der Waals surface area contributed by atoms with Gasteiger partial charge in [0, 0.05) is 5.56 Å². The standard InChI is InChI=1S/C16H23NO2/c1-6-10-7-11(14(18)9(2)3)13-12(8-10)16(4,5)15(19)17-13/h7-9,14,18H,6H2,1-5H3,(H,17,19). The van der Waals surface area contributed by atoms with Gasteiger partial charge >= 0.3 is 0 Å². The molecular formula is C16H23NO2. The second kappa shape index (κ2) is 4.64. The zero-order valence-corrected chi connectivity index (χ0v) is 12.4. The van der Waals surface area contributed by atoms with E-state index in [1.807, 2.05) is 33.8 Å². The number of aryl methyl sites for hydroxylation is 1. The molecule has 0 saturated carbocycles. The van der Waals surface area contributed by atoms with Crippen molar-refractivity contribution in [1.82, 2.24) is 0 Å². The molecule has 1 heterocycles. The van der Waals surface area contributed by atoms with E-state index in [0.717, 1.165) is 28.8 Å². The van der Waals surface area contributed by atoms with Gasteiger partial charge in [-0.1, -0.05) is 32.9 Å². The number of fused-ring (bicyclic) bond motifs is 1. The monoisotopic (exact) mass is 261 g/mol. The zero-order valence-electron chi connectivity index (χ0n) is 12.4. The highest BCUT2D eigenvalue weighted by Gasteiger charge is 2.40. The molecule has 1 atom stereocenters. The quantitative estimate of drug-likeness (QED) is 0.878. The second-order valence-electron chi connectivity index (χ2n) is 6.23. The Morgan fingerprint density at radius 1 is 1.32 bits per heavy atom. The Morgan fingerprint density at radius 3 is 2.47 bits per heavy atom. The maximum absolute atomic E-state index is 12.1. The lowest BCUT2D eigenvalue weighted by atomic mass is 9.82. The molecule has 1 amide bonds. The third-order valence-corrected chi connectivity index (χ3v) is 4.07. The van der Waals surface area contributed by atoms with Crippen molar-refractivity contribution in [3.05, 3.63) is 28.8 Å². The van der Waals surface area contributed by atoms with E-state index in [2.05, 4.69) is 18.3 Å². The molecule has 19 heavy (non-hydrogen) atoms. The molecule has 1 aliphatic heterocycles. The normalized spacial score (nSPS) is 18.4. The smallest absolute Gasteiger partial charge is 0.234 e. The van der Waals surface area contributed by atoms with Crippen LogP contribution in [-0.4, -0.2) is 11.0 Å². The van der Waals surface area contributed by atoms with Crippen LogP contribution < -0.4 is 5.32 Å². The van der Waals surface area contributed by atoms with E-state index < -0.39 is 11.5 Å². The lowest BCUT2D eigenvalue weighted by Crippen LogP contribution is -2.26. The molecule has 3 nitrogen and oxygen atoms in total. The maximum Gasteiger partial charge on any atom is 0.234 e. The Bertz CT molecular complexity index is 518. The van der Waals surface area contributed by atoms with Crippen molar-refractivity contribution in [2.75, 3.05) is 5.32 Å². The van der Waals surface area contributed by atoms with Crippen molar-refractivity contribution < 1.29 is 9.90 Å². The maximum atomic E-state index is 12.1. The number of benzene rings is 1. The van der Waals surface area contributed by atoms with Gasteiger partial charge < -0.3 is 10.4 Å². The van der Waals surface area contributed by atoms with Gasteiger partial charge in [-0.3, -0.25) is 4.79 Å². The first kappa shape index (κ1) is 14.1. The SMILES string of the molecule is CCc1cc(C(O)C(C)C)c2c(c1)C(C)(C)C(=O)N2. The van der Waals surface area contributed by atoms with E-state index in [1.54, 1.807) is 0 Å². The summed E-state index contributed by atoms with van der Waals surface area (Å²) in [5.41, 5.74) is 3.31. The number of hydrogen-bond donors (Lipinski definition) is 2. The van der Waals surface area contributed by atoms with Crippen molar-refractivity contribution in [1.29, 1.82) is 0 Å². The molecule has 0 radical (unpaired) electrons. The number of carbonyl (C=O) groups is 1. The van der Waals surface area contributed by atoms with E-state index in [4.69, 9.17) is 0 Å². The van der Waals surface area contributed by atoms with Gasteiger partial charge in [0.15, 0.2) is 0 Å². The van der Waals surface area contributed by atoms with Gasteiger partial charge in [-0.15, -0.1) is 0 Å². The molecule has 0 aromatic heterocycles. The molecular weight excluding hydrogens is 238 g/mol. The van der Waals surface area contributed by atoms with Crippen LogP contribution in [0.25, 0.3) is 0 Å². The van der Waals surface area contributed by atoms with Crippen LogP contribution in [0.2, 0.25) is 0 Å². The number of amides is 1. The van der Waals surface area contributed by atoms with Gasteiger partial charge in [-0.05, 0) is 37.3 Å². The fourth-order valence-electron chi connectivity index (χ4n) is 2.55. The summed E-state index contributed by atoms with van der Waals surface area (Å²) in [6.07, 6.45) is 0.351. The summed E-state index contributed by atoms with van der Waals surface area (Å²) in [5.74, 6) is 0.129. The summed E-state index contributed by atoms with van der Waals surface area (Å²) >= 11 is 0. The molecule has 2 rings (SSSR count). The summed E-state index contributed by atoms with van der Waals surface area (Å²) in [5, 5.41) is 13.3. The second-order valence-corrected chi connectivity index (χ2v) is 6.23. The van der Waals surface area contributed by atoms with Crippen molar-refractivity contribution in [3.8, 4) is 0 Å². The fourth-order valence-corrected chi connectivity index (χ4v) is 2.55. The van der Waals surface area contributed by atoms with Crippen molar-refractivity contribution in [2.24, 2.45) is 5.92 Å². The largest absolute Gasteiger partial charge is 0.388 e. The van der Waals surface area contributed by atoms with Gasteiger partial charge in [0.1, 0.15) is 0 Å². The number of nitrogens with one attached hydrogen (secondary N) is 1. The molecule has 1 aromatic carbocycles. The first-order chi connectivity index (χ1) is 8.78. The van der Waals surface area contributed by atoms with Crippen LogP contribution in [0.1, 0.15) is 57.4 Å². The van der Waals surface area contributed by atoms with Gasteiger partial charge in [-0.25, -0.2) is 0 Å². The Morgan fingerprint density at radius 2 is 1.95 bits per heavy atom. The van der Waals surface area contributed by atoms with Crippen LogP contribution >= 0.6 is 0 Å². The molecule has 0 aliphatic carbocycles. The van der Waals surface area contributed by atoms with Gasteiger partial charge in [-0.2, -0.15) is 0 Å². The van der Waals surface area contributed by atoms with E-state index in [9.17, 15) is 9.90 Å². The summed E-state index contributed by atoms with van der Waals surface area (Å²) in [4.78, 5) is 12.1. The van der Waals surface area contributed by atoms with Crippen LogP contribution in [0.5, 0.6) is 0 Å². The third kappa shape index (κ3) is 2.16. The minimum atomic E-state index is -0.547. The minimum absolute atomic E-state index is 0.00737. The van der Waals surface area contributed by atoms with Gasteiger partial charge in [0.05, 0.1) is 17.2 Å². The first-order valence-corrected chi connectivity index (χ1v) is 6.95. The van der Waals surface area contributed by atoms with Crippen LogP contribution in [-0.2, 0) is 16.6 Å². The highest BCUT2D eigenvalue weighted by molar-refractivity contribution is 6.06. The Balaban J connectivity index is 2.64. The summed E-state index contributed by atoms with van der Waals surface area (Å²) in [6, 6.07) is 4.11.